The van der Waals surface area contributed by atoms with E-state index in [1.165, 1.54) is 31.5 Å². The number of hydrogen-bond donors (Lipinski definition) is 1. The first-order valence-corrected chi connectivity index (χ1v) is 8.54. The summed E-state index contributed by atoms with van der Waals surface area (Å²) in [6, 6.07) is 8.29. The van der Waals surface area contributed by atoms with Crippen LogP contribution in [-0.2, 0) is 11.3 Å². The average molecular weight is 304 g/mol. The number of rotatable bonds is 4. The van der Waals surface area contributed by atoms with Gasteiger partial charge < -0.3 is 9.84 Å². The second-order valence-electron chi connectivity index (χ2n) is 6.67. The summed E-state index contributed by atoms with van der Waals surface area (Å²) in [7, 11) is 0. The van der Waals surface area contributed by atoms with E-state index in [4.69, 9.17) is 4.74 Å². The van der Waals surface area contributed by atoms with Gasteiger partial charge in [-0.05, 0) is 56.5 Å². The molecule has 4 heteroatoms. The van der Waals surface area contributed by atoms with Crippen molar-refractivity contribution in [3.63, 3.8) is 0 Å². The predicted molar refractivity (Wildman–Crippen MR) is 88.0 cm³/mol. The van der Waals surface area contributed by atoms with Gasteiger partial charge in [0.1, 0.15) is 5.75 Å². The van der Waals surface area contributed by atoms with E-state index in [1.807, 2.05) is 12.1 Å². The van der Waals surface area contributed by atoms with Crippen molar-refractivity contribution in [1.82, 2.24) is 9.80 Å². The number of hydrogen-bond acceptors (Lipinski definition) is 4. The van der Waals surface area contributed by atoms with Crippen LogP contribution in [0, 0.1) is 5.92 Å². The molecule has 0 unspecified atom stereocenters. The highest BCUT2D eigenvalue weighted by molar-refractivity contribution is 5.25. The van der Waals surface area contributed by atoms with Crippen LogP contribution in [0.3, 0.4) is 0 Å². The molecule has 1 N–H and O–H groups in total. The maximum atomic E-state index is 9.35. The lowest BCUT2D eigenvalue weighted by atomic mass is 9.89. The highest BCUT2D eigenvalue weighted by atomic mass is 16.5. The summed E-state index contributed by atoms with van der Waals surface area (Å²) in [6.07, 6.45) is 2.58. The van der Waals surface area contributed by atoms with E-state index in [-0.39, 0.29) is 0 Å². The van der Waals surface area contributed by atoms with Crippen LogP contribution in [-0.4, -0.2) is 60.3 Å². The third kappa shape index (κ3) is 4.00. The van der Waals surface area contributed by atoms with Crippen LogP contribution in [0.25, 0.3) is 0 Å². The number of ether oxygens (including phenoxy) is 1. The van der Waals surface area contributed by atoms with Crippen LogP contribution in [0.15, 0.2) is 24.3 Å². The molecule has 1 aromatic rings. The van der Waals surface area contributed by atoms with Gasteiger partial charge in [0.15, 0.2) is 0 Å². The van der Waals surface area contributed by atoms with Crippen molar-refractivity contribution < 1.29 is 9.84 Å². The first-order chi connectivity index (χ1) is 10.7. The number of aromatic hydroxyl groups is 1. The first-order valence-electron chi connectivity index (χ1n) is 8.54. The minimum atomic E-state index is 0.349. The van der Waals surface area contributed by atoms with E-state index >= 15 is 0 Å². The molecule has 0 spiro atoms. The van der Waals surface area contributed by atoms with Crippen molar-refractivity contribution in [2.75, 3.05) is 39.4 Å². The van der Waals surface area contributed by atoms with Gasteiger partial charge in [-0.2, -0.15) is 0 Å². The zero-order chi connectivity index (χ0) is 15.4. The average Bonchev–Trinajstić information content (AvgIpc) is 2.58. The minimum absolute atomic E-state index is 0.349. The fourth-order valence-electron chi connectivity index (χ4n) is 3.74. The smallest absolute Gasteiger partial charge is 0.115 e. The summed E-state index contributed by atoms with van der Waals surface area (Å²) in [5, 5.41) is 9.35. The number of phenolic OH excluding ortho intramolecular Hbond substituents is 1. The summed E-state index contributed by atoms with van der Waals surface area (Å²) in [5.74, 6) is 1.16. The third-order valence-electron chi connectivity index (χ3n) is 5.28. The topological polar surface area (TPSA) is 35.9 Å². The van der Waals surface area contributed by atoms with Crippen LogP contribution in [0.1, 0.15) is 25.3 Å². The molecule has 2 heterocycles. The Bertz CT molecular complexity index is 449. The molecule has 0 saturated carbocycles. The van der Waals surface area contributed by atoms with Gasteiger partial charge in [0.05, 0.1) is 13.2 Å². The van der Waals surface area contributed by atoms with Crippen molar-refractivity contribution in [2.45, 2.75) is 32.4 Å². The standard InChI is InChI=1S/C18H28N2O2/c1-15(20-10-12-22-13-11-20)17-6-8-19(9-7-17)14-16-2-4-18(21)5-3-16/h2-5,15,17,21H,6-14H2,1H3/t15-/m0/s1. The van der Waals surface area contributed by atoms with Crippen LogP contribution in [0.5, 0.6) is 5.75 Å². The van der Waals surface area contributed by atoms with E-state index in [1.54, 1.807) is 12.1 Å². The monoisotopic (exact) mass is 304 g/mol. The molecule has 3 rings (SSSR count). The molecule has 0 bridgehead atoms. The molecule has 4 nitrogen and oxygen atoms in total. The zero-order valence-electron chi connectivity index (χ0n) is 13.6. The highest BCUT2D eigenvalue weighted by Gasteiger charge is 2.28. The van der Waals surface area contributed by atoms with Crippen LogP contribution in [0.2, 0.25) is 0 Å². The Morgan fingerprint density at radius 3 is 2.36 bits per heavy atom. The molecule has 22 heavy (non-hydrogen) atoms. The van der Waals surface area contributed by atoms with E-state index in [2.05, 4.69) is 16.7 Å². The van der Waals surface area contributed by atoms with Gasteiger partial charge in [-0.3, -0.25) is 9.80 Å². The molecule has 1 aromatic carbocycles. The summed E-state index contributed by atoms with van der Waals surface area (Å²) in [5.41, 5.74) is 1.29. The van der Waals surface area contributed by atoms with E-state index in [9.17, 15) is 5.11 Å². The van der Waals surface area contributed by atoms with E-state index in [0.29, 0.717) is 11.8 Å². The SMILES string of the molecule is C[C@@H](C1CCN(Cc2ccc(O)cc2)CC1)N1CCOCC1. The molecular weight excluding hydrogens is 276 g/mol. The number of phenols is 1. The number of morpholine rings is 1. The number of nitrogens with zero attached hydrogens (tertiary/aromatic N) is 2. The Kier molecular flexibility index (Phi) is 5.34. The summed E-state index contributed by atoms with van der Waals surface area (Å²) in [6.45, 7) is 9.73. The number of likely N-dealkylation sites (tertiary alicyclic amines) is 1. The van der Waals surface area contributed by atoms with E-state index < -0.39 is 0 Å². The lowest BCUT2D eigenvalue weighted by molar-refractivity contribution is -0.00192. The molecule has 0 aliphatic carbocycles. The van der Waals surface area contributed by atoms with Crippen LogP contribution >= 0.6 is 0 Å². The largest absolute Gasteiger partial charge is 0.508 e. The van der Waals surface area contributed by atoms with Crippen molar-refractivity contribution in [1.29, 1.82) is 0 Å². The van der Waals surface area contributed by atoms with Gasteiger partial charge in [0.25, 0.3) is 0 Å². The Balaban J connectivity index is 1.46. The maximum absolute atomic E-state index is 9.35. The Morgan fingerprint density at radius 1 is 1.09 bits per heavy atom. The molecule has 1 atom stereocenters. The van der Waals surface area contributed by atoms with Gasteiger partial charge >= 0.3 is 0 Å². The number of benzene rings is 1. The molecule has 122 valence electrons. The Hall–Kier alpha value is -1.10. The molecule has 2 aliphatic heterocycles. The van der Waals surface area contributed by atoms with Crippen LogP contribution in [0.4, 0.5) is 0 Å². The molecule has 2 fully saturated rings. The summed E-state index contributed by atoms with van der Waals surface area (Å²) >= 11 is 0. The Labute approximate surface area is 133 Å². The van der Waals surface area contributed by atoms with Gasteiger partial charge in [0.2, 0.25) is 0 Å². The third-order valence-corrected chi connectivity index (χ3v) is 5.28. The first kappa shape index (κ1) is 15.8. The van der Waals surface area contributed by atoms with Crippen LogP contribution < -0.4 is 0 Å². The van der Waals surface area contributed by atoms with Crippen molar-refractivity contribution in [3.8, 4) is 5.75 Å². The molecule has 0 amide bonds. The van der Waals surface area contributed by atoms with Gasteiger partial charge in [-0.25, -0.2) is 0 Å². The Morgan fingerprint density at radius 2 is 1.73 bits per heavy atom. The number of piperidine rings is 1. The maximum Gasteiger partial charge on any atom is 0.115 e. The quantitative estimate of drug-likeness (QED) is 0.926. The second-order valence-corrected chi connectivity index (χ2v) is 6.67. The van der Waals surface area contributed by atoms with Gasteiger partial charge in [-0.1, -0.05) is 12.1 Å². The molecular formula is C18H28N2O2. The molecule has 2 aliphatic rings. The van der Waals surface area contributed by atoms with E-state index in [0.717, 1.165) is 38.8 Å². The lowest BCUT2D eigenvalue weighted by Gasteiger charge is -2.41. The molecule has 0 radical (unpaired) electrons. The van der Waals surface area contributed by atoms with Crippen molar-refractivity contribution >= 4 is 0 Å². The summed E-state index contributed by atoms with van der Waals surface area (Å²) < 4.78 is 5.46. The van der Waals surface area contributed by atoms with Gasteiger partial charge in [-0.15, -0.1) is 0 Å². The molecule has 0 aromatic heterocycles. The molecule has 2 saturated heterocycles. The van der Waals surface area contributed by atoms with Crippen molar-refractivity contribution in [3.05, 3.63) is 29.8 Å². The fourth-order valence-corrected chi connectivity index (χ4v) is 3.74. The zero-order valence-corrected chi connectivity index (χ0v) is 13.6. The predicted octanol–water partition coefficient (Wildman–Crippen LogP) is 2.32. The normalized spacial score (nSPS) is 23.5. The fraction of sp³-hybridized carbons (Fsp3) is 0.667. The lowest BCUT2D eigenvalue weighted by Crippen LogP contribution is -2.48. The van der Waals surface area contributed by atoms with Gasteiger partial charge in [0, 0.05) is 25.7 Å². The van der Waals surface area contributed by atoms with Crippen molar-refractivity contribution in [2.24, 2.45) is 5.92 Å². The highest BCUT2D eigenvalue weighted by Crippen LogP contribution is 2.25. The second kappa shape index (κ2) is 7.44. The summed E-state index contributed by atoms with van der Waals surface area (Å²) in [4.78, 5) is 5.14. The minimum Gasteiger partial charge on any atom is -0.508 e.